The molecule has 0 radical (unpaired) electrons. The molecule has 4 heterocycles. The van der Waals surface area contributed by atoms with Gasteiger partial charge in [-0.3, -0.25) is 4.79 Å². The number of carbonyl (C=O) groups excluding carboxylic acids is 1. The molecular weight excluding hydrogens is 512 g/mol. The van der Waals surface area contributed by atoms with Crippen molar-refractivity contribution in [2.75, 3.05) is 76.2 Å². The van der Waals surface area contributed by atoms with Crippen molar-refractivity contribution in [2.45, 2.75) is 20.3 Å². The molecule has 0 bridgehead atoms. The number of amides is 1. The average molecular weight is 553 g/mol. The van der Waals surface area contributed by atoms with Gasteiger partial charge in [-0.2, -0.15) is 4.98 Å². The zero-order valence-corrected chi connectivity index (χ0v) is 24.4. The first-order valence-electron chi connectivity index (χ1n) is 14.7. The van der Waals surface area contributed by atoms with Gasteiger partial charge in [0.2, 0.25) is 11.9 Å². The smallest absolute Gasteiger partial charge is 0.229 e. The Bertz CT molecular complexity index is 1500. The molecule has 41 heavy (non-hydrogen) atoms. The van der Waals surface area contributed by atoms with Crippen molar-refractivity contribution in [2.24, 2.45) is 0 Å². The largest absolute Gasteiger partial charge is 0.369 e. The Morgan fingerprint density at radius 1 is 0.927 bits per heavy atom. The van der Waals surface area contributed by atoms with E-state index in [1.54, 1.807) is 0 Å². The number of carbonyl (C=O) groups is 1. The van der Waals surface area contributed by atoms with E-state index < -0.39 is 0 Å². The van der Waals surface area contributed by atoms with E-state index in [2.05, 4.69) is 80.8 Å². The summed E-state index contributed by atoms with van der Waals surface area (Å²) in [4.78, 5) is 31.4. The quantitative estimate of drug-likeness (QED) is 0.373. The van der Waals surface area contributed by atoms with E-state index >= 15 is 0 Å². The number of aromatic nitrogens is 3. The minimum absolute atomic E-state index is 0.197. The van der Waals surface area contributed by atoms with Gasteiger partial charge < -0.3 is 29.5 Å². The minimum Gasteiger partial charge on any atom is -0.369 e. The summed E-state index contributed by atoms with van der Waals surface area (Å²) in [6.45, 7) is 13.3. The highest BCUT2D eigenvalue weighted by atomic mass is 16.2. The third-order valence-corrected chi connectivity index (χ3v) is 8.47. The van der Waals surface area contributed by atoms with Crippen molar-refractivity contribution >= 4 is 34.3 Å². The van der Waals surface area contributed by atoms with Crippen molar-refractivity contribution in [3.8, 4) is 5.69 Å². The highest BCUT2D eigenvalue weighted by Crippen LogP contribution is 2.27. The van der Waals surface area contributed by atoms with Crippen LogP contribution in [-0.4, -0.2) is 101 Å². The molecule has 0 spiro atoms. The Kier molecular flexibility index (Phi) is 7.89. The summed E-state index contributed by atoms with van der Waals surface area (Å²) >= 11 is 0. The van der Waals surface area contributed by atoms with Crippen LogP contribution in [0.5, 0.6) is 0 Å². The molecule has 214 valence electrons. The molecule has 9 heteroatoms. The Hall–Kier alpha value is -3.95. The normalized spacial score (nSPS) is 16.9. The molecule has 1 amide bonds. The van der Waals surface area contributed by atoms with Crippen LogP contribution in [0.1, 0.15) is 18.1 Å². The van der Waals surface area contributed by atoms with E-state index in [0.29, 0.717) is 12.4 Å². The van der Waals surface area contributed by atoms with Gasteiger partial charge in [-0.15, -0.1) is 0 Å². The number of nitrogens with one attached hydrogen (secondary N) is 1. The van der Waals surface area contributed by atoms with Crippen LogP contribution in [0.25, 0.3) is 16.7 Å². The van der Waals surface area contributed by atoms with Crippen molar-refractivity contribution in [3.63, 3.8) is 0 Å². The van der Waals surface area contributed by atoms with Gasteiger partial charge in [0.25, 0.3) is 0 Å². The topological polar surface area (TPSA) is 72.8 Å². The molecule has 0 atom stereocenters. The van der Waals surface area contributed by atoms with E-state index in [4.69, 9.17) is 4.98 Å². The first-order valence-corrected chi connectivity index (χ1v) is 14.7. The predicted molar refractivity (Wildman–Crippen MR) is 165 cm³/mol. The molecule has 2 fully saturated rings. The third kappa shape index (κ3) is 6.06. The number of likely N-dealkylation sites (N-methyl/N-ethyl adjacent to an activating group) is 2. The number of hydrogen-bond acceptors (Lipinski definition) is 7. The Balaban J connectivity index is 1.14. The number of nitrogens with zero attached hydrogens (tertiary/aromatic N) is 7. The van der Waals surface area contributed by atoms with Gasteiger partial charge in [0.1, 0.15) is 5.65 Å². The van der Waals surface area contributed by atoms with E-state index in [-0.39, 0.29) is 5.91 Å². The highest BCUT2D eigenvalue weighted by molar-refractivity contribution is 5.80. The minimum atomic E-state index is 0.197. The van der Waals surface area contributed by atoms with Gasteiger partial charge in [-0.05, 0) is 68.0 Å². The molecule has 4 aromatic rings. The first-order chi connectivity index (χ1) is 20.0. The monoisotopic (exact) mass is 552 g/mol. The lowest BCUT2D eigenvalue weighted by Crippen LogP contribution is -2.47. The fraction of sp³-hybridized carbons (Fsp3) is 0.406. The lowest BCUT2D eigenvalue weighted by Gasteiger charge is -2.36. The first kappa shape index (κ1) is 27.2. The molecule has 1 N–H and O–H groups in total. The van der Waals surface area contributed by atoms with Crippen molar-refractivity contribution < 1.29 is 4.79 Å². The maximum Gasteiger partial charge on any atom is 0.229 e. The van der Waals surface area contributed by atoms with E-state index in [1.807, 2.05) is 35.5 Å². The van der Waals surface area contributed by atoms with Gasteiger partial charge >= 0.3 is 0 Å². The van der Waals surface area contributed by atoms with Gasteiger partial charge in [0, 0.05) is 87.2 Å². The van der Waals surface area contributed by atoms with Crippen LogP contribution in [0.3, 0.4) is 0 Å². The number of piperazine rings is 2. The SMILES string of the molecule is CCN1CCN(c2ccc(Nc3ncc4ccn(-c5ccc(CC(=O)N6CCN(C)CC6)cc5)c4n3)cc2C)CC1. The van der Waals surface area contributed by atoms with Crippen LogP contribution in [-0.2, 0) is 11.2 Å². The summed E-state index contributed by atoms with van der Waals surface area (Å²) in [7, 11) is 2.10. The van der Waals surface area contributed by atoms with E-state index in [9.17, 15) is 4.79 Å². The number of hydrogen-bond donors (Lipinski definition) is 1. The average Bonchev–Trinajstić information content (AvgIpc) is 3.41. The second-order valence-corrected chi connectivity index (χ2v) is 11.2. The molecule has 2 aliphatic heterocycles. The lowest BCUT2D eigenvalue weighted by atomic mass is 10.1. The third-order valence-electron chi connectivity index (χ3n) is 8.47. The zero-order valence-electron chi connectivity index (χ0n) is 24.4. The summed E-state index contributed by atoms with van der Waals surface area (Å²) in [5, 5.41) is 4.38. The van der Waals surface area contributed by atoms with E-state index in [1.165, 1.54) is 11.3 Å². The number of aryl methyl sites for hydroxylation is 1. The second-order valence-electron chi connectivity index (χ2n) is 11.2. The highest BCUT2D eigenvalue weighted by Gasteiger charge is 2.20. The molecular formula is C32H40N8O. The predicted octanol–water partition coefficient (Wildman–Crippen LogP) is 3.93. The number of rotatable bonds is 7. The van der Waals surface area contributed by atoms with Gasteiger partial charge in [0.05, 0.1) is 6.42 Å². The maximum atomic E-state index is 12.8. The molecule has 2 saturated heterocycles. The van der Waals surface area contributed by atoms with Crippen LogP contribution < -0.4 is 10.2 Å². The van der Waals surface area contributed by atoms with Crippen molar-refractivity contribution in [3.05, 3.63) is 72.1 Å². The van der Waals surface area contributed by atoms with Crippen LogP contribution in [0.2, 0.25) is 0 Å². The van der Waals surface area contributed by atoms with Gasteiger partial charge in [0.15, 0.2) is 0 Å². The molecule has 2 aromatic carbocycles. The second kappa shape index (κ2) is 11.9. The standard InChI is InChI=1S/C32H40N8O/c1-4-37-15-19-38(20-16-37)29-10-7-27(21-24(29)2)34-32-33-23-26-11-12-40(31(26)35-32)28-8-5-25(6-9-28)22-30(41)39-17-13-36(3)14-18-39/h5-12,21,23H,4,13-20,22H2,1-3H3,(H,33,34,35). The van der Waals surface area contributed by atoms with Gasteiger partial charge in [-0.1, -0.05) is 19.1 Å². The van der Waals surface area contributed by atoms with Crippen molar-refractivity contribution in [1.29, 1.82) is 0 Å². The van der Waals surface area contributed by atoms with Crippen LogP contribution >= 0.6 is 0 Å². The molecule has 2 aromatic heterocycles. The van der Waals surface area contributed by atoms with Crippen LogP contribution in [0.15, 0.2) is 60.9 Å². The summed E-state index contributed by atoms with van der Waals surface area (Å²) in [5.74, 6) is 0.763. The molecule has 9 nitrogen and oxygen atoms in total. The number of benzene rings is 2. The lowest BCUT2D eigenvalue weighted by molar-refractivity contribution is -0.132. The summed E-state index contributed by atoms with van der Waals surface area (Å²) in [6, 6.07) is 16.7. The summed E-state index contributed by atoms with van der Waals surface area (Å²) in [6.07, 6.45) is 4.31. The molecule has 0 aliphatic carbocycles. The summed E-state index contributed by atoms with van der Waals surface area (Å²) in [5.41, 5.74) is 6.39. The Morgan fingerprint density at radius 3 is 2.39 bits per heavy atom. The van der Waals surface area contributed by atoms with Crippen LogP contribution in [0, 0.1) is 6.92 Å². The Labute approximate surface area is 242 Å². The van der Waals surface area contributed by atoms with Crippen molar-refractivity contribution in [1.82, 2.24) is 29.2 Å². The molecule has 6 rings (SSSR count). The van der Waals surface area contributed by atoms with Crippen LogP contribution in [0.4, 0.5) is 17.3 Å². The zero-order chi connectivity index (χ0) is 28.3. The fourth-order valence-corrected chi connectivity index (χ4v) is 5.83. The maximum absolute atomic E-state index is 12.8. The summed E-state index contributed by atoms with van der Waals surface area (Å²) < 4.78 is 2.07. The molecule has 0 unspecified atom stereocenters. The van der Waals surface area contributed by atoms with Gasteiger partial charge in [-0.25, -0.2) is 4.98 Å². The Morgan fingerprint density at radius 2 is 1.68 bits per heavy atom. The van der Waals surface area contributed by atoms with E-state index in [0.717, 1.165) is 86.9 Å². The fourth-order valence-electron chi connectivity index (χ4n) is 5.83. The molecule has 0 saturated carbocycles. The number of fused-ring (bicyclic) bond motifs is 1. The number of anilines is 3. The molecule has 2 aliphatic rings.